The maximum absolute atomic E-state index is 13.4. The van der Waals surface area contributed by atoms with Crippen LogP contribution in [0, 0.1) is 36.5 Å². The molecule has 33 heavy (non-hydrogen) atoms. The minimum absolute atomic E-state index is 0.102. The van der Waals surface area contributed by atoms with Crippen molar-refractivity contribution < 1.29 is 9.84 Å². The van der Waals surface area contributed by atoms with Crippen LogP contribution in [0.4, 0.5) is 0 Å². The van der Waals surface area contributed by atoms with E-state index >= 15 is 0 Å². The molecule has 172 valence electrons. The Bertz CT molecular complexity index is 1310. The molecule has 0 fully saturated rings. The molecule has 0 radical (unpaired) electrons. The summed E-state index contributed by atoms with van der Waals surface area (Å²) < 4.78 is 8.34. The first kappa shape index (κ1) is 24.0. The van der Waals surface area contributed by atoms with E-state index in [-0.39, 0.29) is 48.5 Å². The third kappa shape index (κ3) is 4.45. The summed E-state index contributed by atoms with van der Waals surface area (Å²) in [5.41, 5.74) is 1.65. The lowest BCUT2D eigenvalue weighted by Gasteiger charge is -2.18. The number of hydrogen-bond acceptors (Lipinski definition) is 6. The van der Waals surface area contributed by atoms with Gasteiger partial charge in [0.25, 0.3) is 11.1 Å². The lowest BCUT2D eigenvalue weighted by Crippen LogP contribution is -2.26. The van der Waals surface area contributed by atoms with E-state index in [0.717, 1.165) is 0 Å². The van der Waals surface area contributed by atoms with Crippen LogP contribution in [0.25, 0.3) is 0 Å². The number of hydrogen-bond donors (Lipinski definition) is 3. The van der Waals surface area contributed by atoms with E-state index in [9.17, 15) is 14.7 Å². The van der Waals surface area contributed by atoms with E-state index in [1.807, 2.05) is 12.1 Å². The third-order valence-electron chi connectivity index (χ3n) is 5.44. The SMILES string of the molecule is COc1cc(C(c2c(C)[nH]n(CCC#N)c2=O)c2c(C)[nH]n(CCC#N)c2=O)cc(Br)c1O. The van der Waals surface area contributed by atoms with Gasteiger partial charge >= 0.3 is 0 Å². The Hall–Kier alpha value is -3.70. The van der Waals surface area contributed by atoms with Crippen LogP contribution < -0.4 is 15.9 Å². The molecule has 0 atom stereocenters. The number of aromatic nitrogens is 4. The number of phenols is 1. The number of halogens is 1. The number of aryl methyl sites for hydroxylation is 4. The number of methoxy groups -OCH3 is 1. The monoisotopic (exact) mass is 514 g/mol. The highest BCUT2D eigenvalue weighted by Gasteiger charge is 2.31. The van der Waals surface area contributed by atoms with Crippen molar-refractivity contribution in [2.24, 2.45) is 0 Å². The molecule has 0 aliphatic carbocycles. The topological polar surface area (TPSA) is 153 Å². The van der Waals surface area contributed by atoms with Crippen molar-refractivity contribution >= 4 is 15.9 Å². The van der Waals surface area contributed by atoms with E-state index in [0.29, 0.717) is 32.6 Å². The molecule has 0 aliphatic heterocycles. The van der Waals surface area contributed by atoms with Gasteiger partial charge in [0, 0.05) is 17.3 Å². The van der Waals surface area contributed by atoms with Crippen molar-refractivity contribution in [3.63, 3.8) is 0 Å². The van der Waals surface area contributed by atoms with Crippen LogP contribution in [0.3, 0.4) is 0 Å². The average molecular weight is 515 g/mol. The molecule has 0 unspecified atom stereocenters. The summed E-state index contributed by atoms with van der Waals surface area (Å²) in [6.07, 6.45) is 0.291. The molecular formula is C22H23BrN6O4. The van der Waals surface area contributed by atoms with Gasteiger partial charge in [-0.1, -0.05) is 0 Å². The lowest BCUT2D eigenvalue weighted by molar-refractivity contribution is 0.371. The standard InChI is InChI=1S/C22H23BrN6O4/c1-12-17(21(31)28(26-12)8-4-6-24)19(14-10-15(23)20(30)16(11-14)33-3)18-13(2)27-29(22(18)32)9-5-7-25/h10-11,19,26-27,30H,4-5,8-9H2,1-3H3. The second-order valence-corrected chi connectivity index (χ2v) is 8.37. The van der Waals surface area contributed by atoms with Gasteiger partial charge in [-0.3, -0.25) is 29.2 Å². The van der Waals surface area contributed by atoms with E-state index in [2.05, 4.69) is 26.1 Å². The molecule has 1 aromatic carbocycles. The summed E-state index contributed by atoms with van der Waals surface area (Å²) in [7, 11) is 1.41. The molecule has 3 rings (SSSR count). The zero-order valence-electron chi connectivity index (χ0n) is 18.4. The van der Waals surface area contributed by atoms with E-state index in [1.54, 1.807) is 26.0 Å². The second-order valence-electron chi connectivity index (χ2n) is 7.52. The molecule has 2 heterocycles. The lowest BCUT2D eigenvalue weighted by atomic mass is 9.85. The van der Waals surface area contributed by atoms with Gasteiger partial charge in [-0.05, 0) is 47.5 Å². The van der Waals surface area contributed by atoms with Crippen LogP contribution in [-0.4, -0.2) is 31.8 Å². The van der Waals surface area contributed by atoms with Crippen molar-refractivity contribution in [3.05, 3.63) is 65.4 Å². The molecule has 0 saturated carbocycles. The number of nitriles is 2. The Morgan fingerprint density at radius 2 is 1.52 bits per heavy atom. The van der Waals surface area contributed by atoms with Gasteiger partial charge in [0.2, 0.25) is 0 Å². The van der Waals surface area contributed by atoms with Crippen molar-refractivity contribution in [3.8, 4) is 23.6 Å². The van der Waals surface area contributed by atoms with Crippen LogP contribution in [0.5, 0.6) is 11.5 Å². The highest BCUT2D eigenvalue weighted by molar-refractivity contribution is 9.10. The Morgan fingerprint density at radius 3 is 1.94 bits per heavy atom. The first-order valence-corrected chi connectivity index (χ1v) is 10.9. The number of ether oxygens (including phenoxy) is 1. The summed E-state index contributed by atoms with van der Waals surface area (Å²) in [5.74, 6) is -0.718. The molecule has 0 spiro atoms. The number of aromatic hydroxyl groups is 1. The minimum Gasteiger partial charge on any atom is -0.503 e. The Balaban J connectivity index is 2.33. The summed E-state index contributed by atoms with van der Waals surface area (Å²) in [6, 6.07) is 7.26. The molecule has 0 amide bonds. The third-order valence-corrected chi connectivity index (χ3v) is 6.04. The minimum atomic E-state index is -0.796. The summed E-state index contributed by atoms with van der Waals surface area (Å²) in [6.45, 7) is 3.83. The van der Waals surface area contributed by atoms with Crippen molar-refractivity contribution in [2.75, 3.05) is 7.11 Å². The molecular weight excluding hydrogens is 492 g/mol. The van der Waals surface area contributed by atoms with Crippen molar-refractivity contribution in [1.29, 1.82) is 10.5 Å². The van der Waals surface area contributed by atoms with Crippen LogP contribution in [-0.2, 0) is 13.1 Å². The fourth-order valence-electron chi connectivity index (χ4n) is 3.95. The maximum atomic E-state index is 13.4. The smallest absolute Gasteiger partial charge is 0.270 e. The Kier molecular flexibility index (Phi) is 7.14. The highest BCUT2D eigenvalue weighted by Crippen LogP contribution is 2.40. The zero-order chi connectivity index (χ0) is 24.3. The van der Waals surface area contributed by atoms with Gasteiger partial charge in [-0.15, -0.1) is 0 Å². The van der Waals surface area contributed by atoms with Crippen LogP contribution in [0.2, 0.25) is 0 Å². The molecule has 3 N–H and O–H groups in total. The highest BCUT2D eigenvalue weighted by atomic mass is 79.9. The number of nitrogens with one attached hydrogen (secondary N) is 2. The van der Waals surface area contributed by atoms with Gasteiger partial charge in [-0.2, -0.15) is 10.5 Å². The fraction of sp³-hybridized carbons (Fsp3) is 0.364. The summed E-state index contributed by atoms with van der Waals surface area (Å²) >= 11 is 3.32. The molecule has 0 saturated heterocycles. The van der Waals surface area contributed by atoms with Crippen LogP contribution in [0.1, 0.15) is 46.8 Å². The second kappa shape index (κ2) is 9.84. The normalized spacial score (nSPS) is 10.9. The maximum Gasteiger partial charge on any atom is 0.270 e. The number of H-pyrrole nitrogens is 2. The van der Waals surface area contributed by atoms with Gasteiger partial charge in [0.05, 0.1) is 60.8 Å². The molecule has 10 nitrogen and oxygen atoms in total. The number of nitrogens with zero attached hydrogens (tertiary/aromatic N) is 4. The van der Waals surface area contributed by atoms with Gasteiger partial charge in [-0.25, -0.2) is 0 Å². The number of phenolic OH excluding ortho intramolecular Hbond substituents is 1. The predicted molar refractivity (Wildman–Crippen MR) is 123 cm³/mol. The van der Waals surface area contributed by atoms with Gasteiger partial charge in [0.1, 0.15) is 0 Å². The first-order valence-electron chi connectivity index (χ1n) is 10.1. The van der Waals surface area contributed by atoms with Gasteiger partial charge < -0.3 is 9.84 Å². The first-order chi connectivity index (χ1) is 15.7. The van der Waals surface area contributed by atoms with E-state index in [4.69, 9.17) is 15.3 Å². The van der Waals surface area contributed by atoms with Crippen molar-refractivity contribution in [2.45, 2.75) is 45.7 Å². The predicted octanol–water partition coefficient (Wildman–Crippen LogP) is 2.77. The Labute approximate surface area is 197 Å². The van der Waals surface area contributed by atoms with Crippen LogP contribution in [0.15, 0.2) is 26.2 Å². The average Bonchev–Trinajstić information content (AvgIpc) is 3.22. The molecule has 0 aliphatic rings. The molecule has 2 aromatic heterocycles. The molecule has 11 heteroatoms. The molecule has 0 bridgehead atoms. The van der Waals surface area contributed by atoms with Gasteiger partial charge in [0.15, 0.2) is 11.5 Å². The van der Waals surface area contributed by atoms with Crippen LogP contribution >= 0.6 is 15.9 Å². The van der Waals surface area contributed by atoms with E-state index in [1.165, 1.54) is 16.5 Å². The fourth-order valence-corrected chi connectivity index (χ4v) is 4.41. The number of rotatable bonds is 8. The quantitative estimate of drug-likeness (QED) is 0.420. The van der Waals surface area contributed by atoms with E-state index < -0.39 is 5.92 Å². The summed E-state index contributed by atoms with van der Waals surface area (Å²) in [5, 5.41) is 34.1. The zero-order valence-corrected chi connectivity index (χ0v) is 20.0. The number of aromatic amines is 2. The summed E-state index contributed by atoms with van der Waals surface area (Å²) in [4.78, 5) is 26.7. The Morgan fingerprint density at radius 1 is 1.03 bits per heavy atom. The molecule has 3 aromatic rings. The van der Waals surface area contributed by atoms with Crippen molar-refractivity contribution in [1.82, 2.24) is 19.6 Å². The largest absolute Gasteiger partial charge is 0.503 e. The number of benzene rings is 1.